The maximum absolute atomic E-state index is 13.6. The molecule has 116 valence electrons. The van der Waals surface area contributed by atoms with Crippen LogP contribution in [0.25, 0.3) is 0 Å². The second kappa shape index (κ2) is 7.92. The molecule has 2 rings (SSSR count). The van der Waals surface area contributed by atoms with Gasteiger partial charge in [-0.2, -0.15) is 0 Å². The van der Waals surface area contributed by atoms with Crippen molar-refractivity contribution in [3.8, 4) is 0 Å². The van der Waals surface area contributed by atoms with Crippen LogP contribution in [0, 0.1) is 5.82 Å². The SMILES string of the molecule is C[NH+](CC(=O)NCc1cccc(Cl)c1)Cc1ccccc1F. The van der Waals surface area contributed by atoms with Gasteiger partial charge in [0.15, 0.2) is 6.54 Å². The van der Waals surface area contributed by atoms with Gasteiger partial charge >= 0.3 is 0 Å². The number of nitrogens with one attached hydrogen (secondary N) is 2. The molecule has 0 saturated carbocycles. The Morgan fingerprint density at radius 2 is 2.00 bits per heavy atom. The summed E-state index contributed by atoms with van der Waals surface area (Å²) in [4.78, 5) is 12.9. The summed E-state index contributed by atoms with van der Waals surface area (Å²) in [5, 5.41) is 3.49. The van der Waals surface area contributed by atoms with Crippen LogP contribution in [0.15, 0.2) is 48.5 Å². The summed E-state index contributed by atoms with van der Waals surface area (Å²) in [5.41, 5.74) is 1.57. The predicted octanol–water partition coefficient (Wildman–Crippen LogP) is 1.81. The Bertz CT molecular complexity index is 648. The fraction of sp³-hybridized carbons (Fsp3) is 0.235. The van der Waals surface area contributed by atoms with Crippen molar-refractivity contribution in [3.63, 3.8) is 0 Å². The minimum Gasteiger partial charge on any atom is -0.347 e. The van der Waals surface area contributed by atoms with Crippen LogP contribution in [0.1, 0.15) is 11.1 Å². The molecule has 0 bridgehead atoms. The van der Waals surface area contributed by atoms with E-state index in [-0.39, 0.29) is 18.3 Å². The molecule has 22 heavy (non-hydrogen) atoms. The van der Waals surface area contributed by atoms with E-state index in [0.29, 0.717) is 23.7 Å². The number of quaternary nitrogens is 1. The normalized spacial score (nSPS) is 12.0. The van der Waals surface area contributed by atoms with Gasteiger partial charge in [0.1, 0.15) is 12.4 Å². The lowest BCUT2D eigenvalue weighted by molar-refractivity contribution is -0.885. The predicted molar refractivity (Wildman–Crippen MR) is 85.2 cm³/mol. The number of halogens is 2. The van der Waals surface area contributed by atoms with Crippen molar-refractivity contribution in [3.05, 3.63) is 70.5 Å². The number of rotatable bonds is 6. The summed E-state index contributed by atoms with van der Waals surface area (Å²) in [6.45, 7) is 1.19. The van der Waals surface area contributed by atoms with Crippen LogP contribution in [0.2, 0.25) is 5.02 Å². The molecule has 0 aliphatic heterocycles. The van der Waals surface area contributed by atoms with E-state index in [1.165, 1.54) is 6.07 Å². The topological polar surface area (TPSA) is 33.5 Å². The van der Waals surface area contributed by atoms with Crippen molar-refractivity contribution < 1.29 is 14.1 Å². The molecule has 2 aromatic rings. The lowest BCUT2D eigenvalue weighted by Gasteiger charge is -2.14. The summed E-state index contributed by atoms with van der Waals surface area (Å²) in [7, 11) is 1.87. The average molecular weight is 322 g/mol. The van der Waals surface area contributed by atoms with E-state index in [1.54, 1.807) is 24.3 Å². The van der Waals surface area contributed by atoms with Gasteiger partial charge in [-0.25, -0.2) is 4.39 Å². The number of likely N-dealkylation sites (N-methyl/N-ethyl adjacent to an activating group) is 1. The number of carbonyl (C=O) groups excluding carboxylic acids is 1. The van der Waals surface area contributed by atoms with E-state index in [0.717, 1.165) is 10.5 Å². The van der Waals surface area contributed by atoms with Crippen LogP contribution in [0.3, 0.4) is 0 Å². The van der Waals surface area contributed by atoms with Crippen molar-refractivity contribution in [1.82, 2.24) is 5.32 Å². The van der Waals surface area contributed by atoms with E-state index in [9.17, 15) is 9.18 Å². The average Bonchev–Trinajstić information content (AvgIpc) is 2.47. The summed E-state index contributed by atoms with van der Waals surface area (Å²) in [5.74, 6) is -0.310. The molecule has 0 radical (unpaired) electrons. The summed E-state index contributed by atoms with van der Waals surface area (Å²) >= 11 is 5.90. The van der Waals surface area contributed by atoms with Crippen LogP contribution >= 0.6 is 11.6 Å². The maximum atomic E-state index is 13.6. The van der Waals surface area contributed by atoms with Gasteiger partial charge in [0.25, 0.3) is 5.91 Å². The van der Waals surface area contributed by atoms with Crippen molar-refractivity contribution in [2.24, 2.45) is 0 Å². The zero-order valence-electron chi connectivity index (χ0n) is 12.4. The summed E-state index contributed by atoms with van der Waals surface area (Å²) in [6.07, 6.45) is 0. The van der Waals surface area contributed by atoms with Gasteiger partial charge in [0.05, 0.1) is 7.05 Å². The first-order valence-electron chi connectivity index (χ1n) is 7.10. The molecule has 2 N–H and O–H groups in total. The minimum atomic E-state index is -0.235. The van der Waals surface area contributed by atoms with Gasteiger partial charge in [-0.05, 0) is 23.8 Å². The number of hydrogen-bond donors (Lipinski definition) is 2. The fourth-order valence-electron chi connectivity index (χ4n) is 2.21. The van der Waals surface area contributed by atoms with Gasteiger partial charge in [-0.3, -0.25) is 4.79 Å². The molecule has 5 heteroatoms. The molecular weight excluding hydrogens is 303 g/mol. The van der Waals surface area contributed by atoms with Crippen molar-refractivity contribution in [2.75, 3.05) is 13.6 Å². The highest BCUT2D eigenvalue weighted by Gasteiger charge is 2.12. The Balaban J connectivity index is 1.80. The Morgan fingerprint density at radius 3 is 2.73 bits per heavy atom. The highest BCUT2D eigenvalue weighted by atomic mass is 35.5. The largest absolute Gasteiger partial charge is 0.347 e. The molecule has 0 heterocycles. The molecule has 0 aliphatic rings. The first-order valence-corrected chi connectivity index (χ1v) is 7.48. The van der Waals surface area contributed by atoms with Crippen LogP contribution < -0.4 is 10.2 Å². The lowest BCUT2D eigenvalue weighted by Crippen LogP contribution is -3.09. The lowest BCUT2D eigenvalue weighted by atomic mass is 10.2. The molecule has 1 atom stereocenters. The van der Waals surface area contributed by atoms with E-state index < -0.39 is 0 Å². The Hall–Kier alpha value is -1.91. The third kappa shape index (κ3) is 5.13. The monoisotopic (exact) mass is 321 g/mol. The van der Waals surface area contributed by atoms with Crippen molar-refractivity contribution in [1.29, 1.82) is 0 Å². The second-order valence-electron chi connectivity index (χ2n) is 5.31. The zero-order chi connectivity index (χ0) is 15.9. The molecule has 3 nitrogen and oxygen atoms in total. The standard InChI is InChI=1S/C17H18ClFN2O/c1-21(11-14-6-2-3-8-16(14)19)12-17(22)20-10-13-5-4-7-15(18)9-13/h2-9H,10-12H2,1H3,(H,20,22)/p+1. The van der Waals surface area contributed by atoms with E-state index >= 15 is 0 Å². The van der Waals surface area contributed by atoms with Crippen LogP contribution in [0.4, 0.5) is 4.39 Å². The molecule has 0 saturated heterocycles. The number of benzene rings is 2. The second-order valence-corrected chi connectivity index (χ2v) is 5.75. The molecule has 0 aromatic heterocycles. The van der Waals surface area contributed by atoms with E-state index in [2.05, 4.69) is 5.32 Å². The molecule has 0 fully saturated rings. The van der Waals surface area contributed by atoms with E-state index in [4.69, 9.17) is 11.6 Å². The van der Waals surface area contributed by atoms with Gasteiger partial charge in [0, 0.05) is 17.1 Å². The number of hydrogen-bond acceptors (Lipinski definition) is 1. The molecule has 1 unspecified atom stereocenters. The first kappa shape index (κ1) is 16.5. The highest BCUT2D eigenvalue weighted by Crippen LogP contribution is 2.10. The van der Waals surface area contributed by atoms with Gasteiger partial charge in [-0.1, -0.05) is 41.9 Å². The molecule has 1 amide bonds. The number of carbonyl (C=O) groups is 1. The zero-order valence-corrected chi connectivity index (χ0v) is 13.2. The number of amides is 1. The quantitative estimate of drug-likeness (QED) is 0.836. The summed E-state index contributed by atoms with van der Waals surface area (Å²) < 4.78 is 13.6. The van der Waals surface area contributed by atoms with Gasteiger partial charge in [-0.15, -0.1) is 0 Å². The van der Waals surface area contributed by atoms with Gasteiger partial charge in [0.2, 0.25) is 0 Å². The van der Waals surface area contributed by atoms with Crippen LogP contribution in [-0.4, -0.2) is 19.5 Å². The summed E-state index contributed by atoms with van der Waals surface area (Å²) in [6, 6.07) is 14.0. The van der Waals surface area contributed by atoms with Crippen LogP contribution in [-0.2, 0) is 17.9 Å². The maximum Gasteiger partial charge on any atom is 0.275 e. The first-order chi connectivity index (χ1) is 10.5. The Kier molecular flexibility index (Phi) is 5.92. The molecule has 0 aliphatic carbocycles. The smallest absolute Gasteiger partial charge is 0.275 e. The molecule has 0 spiro atoms. The fourth-order valence-corrected chi connectivity index (χ4v) is 2.43. The Morgan fingerprint density at radius 1 is 1.23 bits per heavy atom. The highest BCUT2D eigenvalue weighted by molar-refractivity contribution is 6.30. The Labute approximate surface area is 134 Å². The van der Waals surface area contributed by atoms with E-state index in [1.807, 2.05) is 25.2 Å². The third-order valence-corrected chi connectivity index (χ3v) is 3.53. The van der Waals surface area contributed by atoms with Gasteiger partial charge < -0.3 is 10.2 Å². The third-order valence-electron chi connectivity index (χ3n) is 3.29. The van der Waals surface area contributed by atoms with Crippen molar-refractivity contribution in [2.45, 2.75) is 13.1 Å². The molecular formula is C17H19ClFN2O+. The van der Waals surface area contributed by atoms with Crippen LogP contribution in [0.5, 0.6) is 0 Å². The minimum absolute atomic E-state index is 0.0752. The van der Waals surface area contributed by atoms with Crippen molar-refractivity contribution >= 4 is 17.5 Å². The molecule has 2 aromatic carbocycles.